The monoisotopic (exact) mass is 1580 g/mol. The fourth-order valence-electron chi connectivity index (χ4n) is 17.6. The third kappa shape index (κ3) is 69.6. The molecule has 0 aromatic rings. The first-order valence-electron chi connectivity index (χ1n) is 50.2. The van der Waals surface area contributed by atoms with Crippen LogP contribution in [0.15, 0.2) is 0 Å². The van der Waals surface area contributed by atoms with Gasteiger partial charge in [0.2, 0.25) is 0 Å². The lowest BCUT2D eigenvalue weighted by atomic mass is 9.79. The summed E-state index contributed by atoms with van der Waals surface area (Å²) in [6.45, 7) is 29.8. The summed E-state index contributed by atoms with van der Waals surface area (Å²) >= 11 is 0. The summed E-state index contributed by atoms with van der Waals surface area (Å²) in [6, 6.07) is 0. The Labute approximate surface area is 697 Å². The maximum atomic E-state index is 13.0. The third-order valence-corrected chi connectivity index (χ3v) is 25.7. The fraction of sp³-hybridized carbons (Fsp3) is 0.960. The molecule has 0 N–H and O–H groups in total. The van der Waals surface area contributed by atoms with Gasteiger partial charge in [0.1, 0.15) is 0 Å². The average molecular weight is 1580 g/mol. The number of rotatable bonds is 88. The minimum Gasteiger partial charge on any atom is -0.466 e. The Morgan fingerprint density at radius 3 is 0.920 bits per heavy atom. The van der Waals surface area contributed by atoms with Gasteiger partial charge in [-0.15, -0.1) is 0 Å². The molecular formula is C100H195N3O9. The number of hydrogen-bond acceptors (Lipinski definition) is 12. The Morgan fingerprint density at radius 1 is 0.277 bits per heavy atom. The zero-order chi connectivity index (χ0) is 81.5. The van der Waals surface area contributed by atoms with E-state index in [9.17, 15) is 19.2 Å². The average Bonchev–Trinajstić information content (AvgIpc) is 0.923. The van der Waals surface area contributed by atoms with E-state index < -0.39 is 0 Å². The van der Waals surface area contributed by atoms with Crippen molar-refractivity contribution in [1.82, 2.24) is 14.7 Å². The molecule has 1 fully saturated rings. The SMILES string of the molecule is CCCCC(CCCC)CCOC(=O)CCCCCCCCCC(CCCCCCCCCC(=O)OCCC(CCCC)CCCCC(CCC)C(CCCC)CCOC(=O)CCCCCCCCCC(CCCCCCCCCC(=O)OCCC(CCCC)CCCC)OCCCCN(C)CC)CCN1CCN(C)CC1. The van der Waals surface area contributed by atoms with Crippen molar-refractivity contribution in [3.8, 4) is 0 Å². The van der Waals surface area contributed by atoms with Gasteiger partial charge in [-0.2, -0.15) is 0 Å². The second-order valence-electron chi connectivity index (χ2n) is 36.0. The highest BCUT2D eigenvalue weighted by atomic mass is 16.5. The highest BCUT2D eigenvalue weighted by Crippen LogP contribution is 2.33. The highest BCUT2D eigenvalue weighted by Gasteiger charge is 2.23. The van der Waals surface area contributed by atoms with Crippen molar-refractivity contribution in [2.24, 2.45) is 35.5 Å². The van der Waals surface area contributed by atoms with Crippen LogP contribution in [0.3, 0.4) is 0 Å². The van der Waals surface area contributed by atoms with Crippen molar-refractivity contribution in [3.63, 3.8) is 0 Å². The van der Waals surface area contributed by atoms with Gasteiger partial charge in [0.25, 0.3) is 0 Å². The van der Waals surface area contributed by atoms with Gasteiger partial charge in [-0.25, -0.2) is 0 Å². The number of carbonyl (C=O) groups excluding carboxylic acids is 4. The van der Waals surface area contributed by atoms with Crippen LogP contribution in [0.4, 0.5) is 0 Å². The Morgan fingerprint density at radius 2 is 0.562 bits per heavy atom. The molecule has 12 heteroatoms. The van der Waals surface area contributed by atoms with E-state index >= 15 is 0 Å². The molecule has 0 bridgehead atoms. The number of ether oxygens (including phenoxy) is 5. The zero-order valence-electron chi connectivity index (χ0n) is 76.9. The summed E-state index contributed by atoms with van der Waals surface area (Å²) < 4.78 is 29.8. The van der Waals surface area contributed by atoms with Crippen LogP contribution in [0.1, 0.15) is 486 Å². The number of piperazine rings is 1. The summed E-state index contributed by atoms with van der Waals surface area (Å²) in [6.07, 6.45) is 79.4. The normalized spacial score (nSPS) is 14.4. The van der Waals surface area contributed by atoms with E-state index in [1.54, 1.807) is 0 Å². The van der Waals surface area contributed by atoms with Gasteiger partial charge in [-0.3, -0.25) is 19.2 Å². The molecule has 1 rings (SSSR count). The van der Waals surface area contributed by atoms with Gasteiger partial charge >= 0.3 is 23.9 Å². The van der Waals surface area contributed by atoms with E-state index in [2.05, 4.69) is 84.2 Å². The smallest absolute Gasteiger partial charge is 0.305 e. The quantitative estimate of drug-likeness (QED) is 0.0327. The topological polar surface area (TPSA) is 124 Å². The van der Waals surface area contributed by atoms with Crippen LogP contribution in [0.2, 0.25) is 0 Å². The van der Waals surface area contributed by atoms with Gasteiger partial charge in [-0.05, 0) is 153 Å². The maximum absolute atomic E-state index is 13.0. The first kappa shape index (κ1) is 108. The number of hydrogen-bond donors (Lipinski definition) is 0. The van der Waals surface area contributed by atoms with Gasteiger partial charge in [0.05, 0.1) is 32.5 Å². The highest BCUT2D eigenvalue weighted by molar-refractivity contribution is 5.70. The Hall–Kier alpha value is -2.28. The van der Waals surface area contributed by atoms with Crippen LogP contribution in [0.25, 0.3) is 0 Å². The van der Waals surface area contributed by atoms with Crippen molar-refractivity contribution in [3.05, 3.63) is 0 Å². The molecule has 12 nitrogen and oxygen atoms in total. The molecular weight excluding hydrogens is 1390 g/mol. The van der Waals surface area contributed by atoms with Crippen molar-refractivity contribution < 1.29 is 42.9 Å². The molecule has 0 aliphatic carbocycles. The lowest BCUT2D eigenvalue weighted by Gasteiger charge is -2.33. The standard InChI is InChI=1S/C100H195N3O9/c1-11-19-58-91(59-20-12-2)75-86-109-97(104)70-49-41-33-25-29-37-45-63-90(74-80-103-83-81-102(10)82-84-103)64-46-38-30-26-34-42-50-72-99(106)111-88-77-93(62-23-15-5)65-53-54-67-94(57-17-7)95(66-24-16-6)78-89-112-100(107)73-52-44-36-28-32-40-48-69-96(108-85-56-55-79-101(9)18-8)68-47-39-31-27-35-43-51-71-98(105)110-87-76-92(60-21-13-3)61-22-14-4/h90-96H,11-89H2,1-10H3. The first-order valence-corrected chi connectivity index (χ1v) is 50.2. The lowest BCUT2D eigenvalue weighted by molar-refractivity contribution is -0.145. The van der Waals surface area contributed by atoms with E-state index in [0.29, 0.717) is 87.8 Å². The van der Waals surface area contributed by atoms with Gasteiger partial charge in [0.15, 0.2) is 0 Å². The molecule has 0 spiro atoms. The lowest BCUT2D eigenvalue weighted by Crippen LogP contribution is -2.44. The van der Waals surface area contributed by atoms with Gasteiger partial charge in [-0.1, -0.05) is 376 Å². The second-order valence-corrected chi connectivity index (χ2v) is 36.0. The van der Waals surface area contributed by atoms with E-state index in [1.807, 2.05) is 0 Å². The van der Waals surface area contributed by atoms with E-state index in [1.165, 1.54) is 354 Å². The molecule has 5 unspecified atom stereocenters. The molecule has 0 aromatic carbocycles. The van der Waals surface area contributed by atoms with Crippen LogP contribution in [-0.2, 0) is 42.9 Å². The van der Waals surface area contributed by atoms with Gasteiger partial charge in [0, 0.05) is 58.5 Å². The summed E-state index contributed by atoms with van der Waals surface area (Å²) in [5.41, 5.74) is 0. The zero-order valence-corrected chi connectivity index (χ0v) is 76.9. The van der Waals surface area contributed by atoms with Crippen LogP contribution >= 0.6 is 0 Å². The van der Waals surface area contributed by atoms with Gasteiger partial charge < -0.3 is 38.4 Å². The van der Waals surface area contributed by atoms with Crippen molar-refractivity contribution in [2.45, 2.75) is 492 Å². The predicted octanol–water partition coefficient (Wildman–Crippen LogP) is 28.7. The Kier molecular flexibility index (Phi) is 79.3. The largest absolute Gasteiger partial charge is 0.466 e. The molecule has 5 atom stereocenters. The Balaban J connectivity index is 2.35. The minimum absolute atomic E-state index is 0.00185. The molecule has 1 aliphatic rings. The molecule has 1 saturated heterocycles. The molecule has 0 radical (unpaired) electrons. The number of likely N-dealkylation sites (N-methyl/N-ethyl adjacent to an activating group) is 1. The second kappa shape index (κ2) is 82.4. The molecule has 0 aromatic heterocycles. The number of unbranched alkanes of at least 4 members (excludes halogenated alkanes) is 32. The van der Waals surface area contributed by atoms with E-state index in [-0.39, 0.29) is 23.9 Å². The maximum Gasteiger partial charge on any atom is 0.305 e. The van der Waals surface area contributed by atoms with Crippen LogP contribution in [0, 0.1) is 35.5 Å². The molecule has 664 valence electrons. The van der Waals surface area contributed by atoms with Crippen LogP contribution in [0.5, 0.6) is 0 Å². The van der Waals surface area contributed by atoms with Crippen molar-refractivity contribution in [1.29, 1.82) is 0 Å². The molecule has 112 heavy (non-hydrogen) atoms. The predicted molar refractivity (Wildman–Crippen MR) is 481 cm³/mol. The molecule has 0 saturated carbocycles. The number of esters is 4. The number of nitrogens with zero attached hydrogens (tertiary/aromatic N) is 3. The Bertz CT molecular complexity index is 1990. The summed E-state index contributed by atoms with van der Waals surface area (Å²) in [5, 5.41) is 0. The van der Waals surface area contributed by atoms with Crippen molar-refractivity contribution in [2.75, 3.05) is 92.9 Å². The molecule has 0 amide bonds. The summed E-state index contributed by atoms with van der Waals surface area (Å²) in [4.78, 5) is 58.4. The molecule has 1 heterocycles. The van der Waals surface area contributed by atoms with Crippen molar-refractivity contribution >= 4 is 23.9 Å². The number of carbonyl (C=O) groups is 4. The summed E-state index contributed by atoms with van der Waals surface area (Å²) in [7, 11) is 4.47. The van der Waals surface area contributed by atoms with Crippen LogP contribution in [-0.4, -0.2) is 138 Å². The fourth-order valence-corrected chi connectivity index (χ4v) is 17.6. The van der Waals surface area contributed by atoms with E-state index in [4.69, 9.17) is 23.7 Å². The first-order chi connectivity index (χ1) is 54.8. The molecule has 1 aliphatic heterocycles. The third-order valence-electron chi connectivity index (χ3n) is 25.7. The minimum atomic E-state index is -0.00206. The van der Waals surface area contributed by atoms with Crippen LogP contribution < -0.4 is 0 Å². The summed E-state index contributed by atoms with van der Waals surface area (Å²) in [5.74, 6) is 4.22. The van der Waals surface area contributed by atoms with E-state index in [0.717, 1.165) is 109 Å².